The summed E-state index contributed by atoms with van der Waals surface area (Å²) in [5.41, 5.74) is 1.05. The maximum atomic E-state index is 2.86. The van der Waals surface area contributed by atoms with Crippen LogP contribution in [0.5, 0.6) is 0 Å². The highest BCUT2D eigenvalue weighted by atomic mass is 15.3. The number of piperazine rings is 1. The molecule has 0 aromatic carbocycles. The first-order valence-corrected chi connectivity index (χ1v) is 8.83. The lowest BCUT2D eigenvalue weighted by Gasteiger charge is -2.52. The molecular formula is C18H34N2. The average Bonchev–Trinajstić information content (AvgIpc) is 2.34. The summed E-state index contributed by atoms with van der Waals surface area (Å²) >= 11 is 0. The van der Waals surface area contributed by atoms with Crippen LogP contribution in [0, 0.1) is 10.8 Å². The first kappa shape index (κ1) is 14.8. The van der Waals surface area contributed by atoms with Crippen LogP contribution in [-0.2, 0) is 0 Å². The van der Waals surface area contributed by atoms with Crippen LogP contribution < -0.4 is 0 Å². The molecule has 0 amide bonds. The molecule has 0 aromatic rings. The zero-order chi connectivity index (χ0) is 14.4. The number of hydrogen-bond acceptors (Lipinski definition) is 2. The number of nitrogens with zero attached hydrogens (tertiary/aromatic N) is 2. The van der Waals surface area contributed by atoms with E-state index in [-0.39, 0.29) is 0 Å². The van der Waals surface area contributed by atoms with E-state index >= 15 is 0 Å². The molecule has 1 atom stereocenters. The van der Waals surface area contributed by atoms with Gasteiger partial charge in [0.2, 0.25) is 0 Å². The van der Waals surface area contributed by atoms with E-state index in [9.17, 15) is 0 Å². The molecule has 0 N–H and O–H groups in total. The van der Waals surface area contributed by atoms with E-state index in [2.05, 4.69) is 37.5 Å². The van der Waals surface area contributed by atoms with E-state index in [0.29, 0.717) is 10.8 Å². The van der Waals surface area contributed by atoms with Crippen molar-refractivity contribution in [2.45, 2.75) is 78.3 Å². The van der Waals surface area contributed by atoms with Gasteiger partial charge in [-0.1, -0.05) is 34.1 Å². The van der Waals surface area contributed by atoms with Gasteiger partial charge in [0.25, 0.3) is 0 Å². The topological polar surface area (TPSA) is 6.48 Å². The first-order chi connectivity index (χ1) is 9.35. The molecule has 1 saturated carbocycles. The number of hydrogen-bond donors (Lipinski definition) is 0. The number of fused-ring (bicyclic) bond motifs is 1. The van der Waals surface area contributed by atoms with Crippen molar-refractivity contribution in [1.82, 2.24) is 9.80 Å². The molecule has 2 heteroatoms. The second kappa shape index (κ2) is 5.28. The standard InChI is InChI=1S/C18H34N2/c1-17(2)11-16(12-18(3,4)14-17)20-10-9-19-8-6-5-7-15(19)13-20/h15-16H,5-14H2,1-4H3. The van der Waals surface area contributed by atoms with Crippen molar-refractivity contribution in [1.29, 1.82) is 0 Å². The van der Waals surface area contributed by atoms with Gasteiger partial charge in [-0.25, -0.2) is 0 Å². The van der Waals surface area contributed by atoms with Gasteiger partial charge in [-0.15, -0.1) is 0 Å². The van der Waals surface area contributed by atoms with Gasteiger partial charge in [-0.2, -0.15) is 0 Å². The van der Waals surface area contributed by atoms with Gasteiger partial charge >= 0.3 is 0 Å². The Kier molecular flexibility index (Phi) is 3.92. The van der Waals surface area contributed by atoms with E-state index in [4.69, 9.17) is 0 Å². The Morgan fingerprint density at radius 3 is 2.10 bits per heavy atom. The lowest BCUT2D eigenvalue weighted by atomic mass is 9.63. The van der Waals surface area contributed by atoms with E-state index in [0.717, 1.165) is 12.1 Å². The van der Waals surface area contributed by atoms with Crippen LogP contribution >= 0.6 is 0 Å². The van der Waals surface area contributed by atoms with E-state index < -0.39 is 0 Å². The highest BCUT2D eigenvalue weighted by molar-refractivity contribution is 4.96. The maximum absolute atomic E-state index is 2.86. The van der Waals surface area contributed by atoms with Crippen molar-refractivity contribution in [3.63, 3.8) is 0 Å². The molecule has 2 nitrogen and oxygen atoms in total. The predicted octanol–water partition coefficient (Wildman–Crippen LogP) is 3.76. The molecule has 2 aliphatic heterocycles. The molecule has 116 valence electrons. The lowest BCUT2D eigenvalue weighted by molar-refractivity contribution is -0.0244. The van der Waals surface area contributed by atoms with Crippen molar-refractivity contribution in [3.8, 4) is 0 Å². The summed E-state index contributed by atoms with van der Waals surface area (Å²) < 4.78 is 0. The fraction of sp³-hybridized carbons (Fsp3) is 1.00. The Hall–Kier alpha value is -0.0800. The molecule has 2 heterocycles. The summed E-state index contributed by atoms with van der Waals surface area (Å²) in [6.45, 7) is 15.3. The van der Waals surface area contributed by atoms with Crippen LogP contribution in [0.3, 0.4) is 0 Å². The third kappa shape index (κ3) is 3.22. The average molecular weight is 278 g/mol. The maximum Gasteiger partial charge on any atom is 0.0223 e. The van der Waals surface area contributed by atoms with Gasteiger partial charge < -0.3 is 0 Å². The molecule has 3 fully saturated rings. The monoisotopic (exact) mass is 278 g/mol. The second-order valence-corrected chi connectivity index (χ2v) is 9.25. The van der Waals surface area contributed by atoms with Crippen LogP contribution in [0.1, 0.15) is 66.2 Å². The van der Waals surface area contributed by atoms with Gasteiger partial charge in [0.1, 0.15) is 0 Å². The Balaban J connectivity index is 1.66. The third-order valence-corrected chi connectivity index (χ3v) is 5.92. The second-order valence-electron chi connectivity index (χ2n) is 9.25. The molecule has 0 spiro atoms. The van der Waals surface area contributed by atoms with Gasteiger partial charge in [0, 0.05) is 31.7 Å². The summed E-state index contributed by atoms with van der Waals surface area (Å²) in [4.78, 5) is 5.62. The first-order valence-electron chi connectivity index (χ1n) is 8.83. The molecule has 2 saturated heterocycles. The zero-order valence-electron chi connectivity index (χ0n) is 14.1. The van der Waals surface area contributed by atoms with Crippen LogP contribution in [0.4, 0.5) is 0 Å². The highest BCUT2D eigenvalue weighted by Gasteiger charge is 2.42. The minimum atomic E-state index is 0.524. The van der Waals surface area contributed by atoms with Crippen LogP contribution in [0.2, 0.25) is 0 Å². The van der Waals surface area contributed by atoms with Crippen LogP contribution in [0.15, 0.2) is 0 Å². The molecule has 3 rings (SSSR count). The molecule has 0 bridgehead atoms. The largest absolute Gasteiger partial charge is 0.298 e. The Morgan fingerprint density at radius 2 is 1.40 bits per heavy atom. The lowest BCUT2D eigenvalue weighted by Crippen LogP contribution is -2.59. The van der Waals surface area contributed by atoms with E-state index in [1.54, 1.807) is 0 Å². The molecule has 0 aromatic heterocycles. The normalized spacial score (nSPS) is 35.7. The molecular weight excluding hydrogens is 244 g/mol. The van der Waals surface area contributed by atoms with Crippen LogP contribution in [0.25, 0.3) is 0 Å². The summed E-state index contributed by atoms with van der Waals surface area (Å²) in [6, 6.07) is 1.70. The molecule has 3 aliphatic rings. The van der Waals surface area contributed by atoms with Crippen molar-refractivity contribution in [2.24, 2.45) is 10.8 Å². The van der Waals surface area contributed by atoms with Gasteiger partial charge in [0.05, 0.1) is 0 Å². The molecule has 20 heavy (non-hydrogen) atoms. The minimum Gasteiger partial charge on any atom is -0.298 e. The SMILES string of the molecule is CC1(C)CC(N2CCN3CCCCC3C2)CC(C)(C)C1. The Bertz CT molecular complexity index is 331. The summed E-state index contributed by atoms with van der Waals surface area (Å²) in [6.07, 6.45) is 8.53. The summed E-state index contributed by atoms with van der Waals surface area (Å²) in [5, 5.41) is 0. The van der Waals surface area contributed by atoms with Crippen LogP contribution in [-0.4, -0.2) is 48.1 Å². The third-order valence-electron chi connectivity index (χ3n) is 5.92. The summed E-state index contributed by atoms with van der Waals surface area (Å²) in [5.74, 6) is 0. The summed E-state index contributed by atoms with van der Waals surface area (Å²) in [7, 11) is 0. The smallest absolute Gasteiger partial charge is 0.0223 e. The van der Waals surface area contributed by atoms with Crippen molar-refractivity contribution in [2.75, 3.05) is 26.2 Å². The van der Waals surface area contributed by atoms with Gasteiger partial charge in [0.15, 0.2) is 0 Å². The molecule has 1 aliphatic carbocycles. The van der Waals surface area contributed by atoms with Crippen molar-refractivity contribution < 1.29 is 0 Å². The van der Waals surface area contributed by atoms with Gasteiger partial charge in [-0.05, 0) is 49.5 Å². The van der Waals surface area contributed by atoms with Crippen molar-refractivity contribution >= 4 is 0 Å². The fourth-order valence-electron chi connectivity index (χ4n) is 5.56. The Labute approximate surface area is 125 Å². The highest BCUT2D eigenvalue weighted by Crippen LogP contribution is 2.47. The van der Waals surface area contributed by atoms with Gasteiger partial charge in [-0.3, -0.25) is 9.80 Å². The zero-order valence-corrected chi connectivity index (χ0v) is 14.1. The van der Waals surface area contributed by atoms with E-state index in [1.807, 2.05) is 0 Å². The quantitative estimate of drug-likeness (QED) is 0.720. The minimum absolute atomic E-state index is 0.524. The molecule has 0 radical (unpaired) electrons. The predicted molar refractivity (Wildman–Crippen MR) is 86.0 cm³/mol. The number of piperidine rings is 1. The van der Waals surface area contributed by atoms with E-state index in [1.165, 1.54) is 64.7 Å². The Morgan fingerprint density at radius 1 is 0.750 bits per heavy atom. The number of rotatable bonds is 1. The molecule has 1 unspecified atom stereocenters. The van der Waals surface area contributed by atoms with Crippen molar-refractivity contribution in [3.05, 3.63) is 0 Å². The fourth-order valence-corrected chi connectivity index (χ4v) is 5.56.